The minimum atomic E-state index is 0.268. The van der Waals surface area contributed by atoms with Crippen LogP contribution in [0.4, 0.5) is 0 Å². The first-order valence-corrected chi connectivity index (χ1v) is 3.30. The highest BCUT2D eigenvalue weighted by atomic mass is 16.7. The zero-order valence-corrected chi connectivity index (χ0v) is 6.41. The van der Waals surface area contributed by atoms with E-state index in [4.69, 9.17) is 17.3 Å². The maximum Gasteiger partial charge on any atom is 0.188 e. The fourth-order valence-corrected chi connectivity index (χ4v) is 0.691. The quantitative estimate of drug-likeness (QED) is 0.458. The third kappa shape index (κ3) is 2.64. The second-order valence-electron chi connectivity index (χ2n) is 2.12. The molecular weight excluding hydrogens is 139 g/mol. The smallest absolute Gasteiger partial charge is 0.188 e. The Kier molecular flexibility index (Phi) is 2.99. The maximum absolute atomic E-state index is 5.47. The van der Waals surface area contributed by atoms with Crippen LogP contribution in [0.15, 0.2) is 24.3 Å². The summed E-state index contributed by atoms with van der Waals surface area (Å²) in [6.45, 7) is 0.268. The van der Waals surface area contributed by atoms with Crippen LogP contribution in [0.1, 0.15) is 0 Å². The highest BCUT2D eigenvalue weighted by Crippen LogP contribution is 2.06. The van der Waals surface area contributed by atoms with E-state index in [1.54, 1.807) is 31.4 Å². The van der Waals surface area contributed by atoms with Gasteiger partial charge in [-0.2, -0.15) is 0 Å². The molecule has 0 unspecified atom stereocenters. The molecule has 2 nitrogen and oxygen atoms in total. The molecule has 1 aromatic rings. The second-order valence-corrected chi connectivity index (χ2v) is 2.12. The molecule has 0 fully saturated rings. The van der Waals surface area contributed by atoms with E-state index in [0.29, 0.717) is 0 Å². The van der Waals surface area contributed by atoms with Crippen molar-refractivity contribution in [1.82, 2.24) is 0 Å². The van der Waals surface area contributed by atoms with Crippen LogP contribution in [0.25, 0.3) is 0 Å². The second kappa shape index (κ2) is 4.03. The van der Waals surface area contributed by atoms with Crippen molar-refractivity contribution in [3.8, 4) is 5.75 Å². The van der Waals surface area contributed by atoms with Gasteiger partial charge in [-0.05, 0) is 12.1 Å². The van der Waals surface area contributed by atoms with Gasteiger partial charge in [0, 0.05) is 7.11 Å². The maximum atomic E-state index is 5.47. The van der Waals surface area contributed by atoms with Crippen LogP contribution in [-0.2, 0) is 4.74 Å². The molecule has 0 spiro atoms. The van der Waals surface area contributed by atoms with E-state index in [-0.39, 0.29) is 6.79 Å². The molecule has 0 atom stereocenters. The predicted octanol–water partition coefficient (Wildman–Crippen LogP) is 0.463. The van der Waals surface area contributed by atoms with Crippen LogP contribution in [0, 0.1) is 0 Å². The molecule has 0 aromatic heterocycles. The topological polar surface area (TPSA) is 18.5 Å². The largest absolute Gasteiger partial charge is 0.468 e. The Hall–Kier alpha value is -0.955. The van der Waals surface area contributed by atoms with Gasteiger partial charge in [-0.3, -0.25) is 0 Å². The third-order valence-electron chi connectivity index (χ3n) is 1.22. The van der Waals surface area contributed by atoms with Crippen molar-refractivity contribution in [3.05, 3.63) is 24.3 Å². The molecule has 0 heterocycles. The number of ether oxygens (including phenoxy) is 2. The lowest BCUT2D eigenvalue weighted by atomic mass is 9.97. The van der Waals surface area contributed by atoms with E-state index >= 15 is 0 Å². The Labute approximate surface area is 67.5 Å². The van der Waals surface area contributed by atoms with Crippen molar-refractivity contribution in [2.45, 2.75) is 0 Å². The van der Waals surface area contributed by atoms with Crippen LogP contribution >= 0.6 is 0 Å². The predicted molar refractivity (Wildman–Crippen MR) is 44.3 cm³/mol. The number of benzene rings is 1. The van der Waals surface area contributed by atoms with Crippen LogP contribution < -0.4 is 10.2 Å². The molecule has 2 radical (unpaired) electrons. The molecule has 0 bridgehead atoms. The molecule has 0 saturated heterocycles. The average Bonchev–Trinajstić information content (AvgIpc) is 2.04. The van der Waals surface area contributed by atoms with Crippen LogP contribution in [0.5, 0.6) is 5.75 Å². The first-order valence-electron chi connectivity index (χ1n) is 3.30. The van der Waals surface area contributed by atoms with E-state index in [2.05, 4.69) is 0 Å². The summed E-state index contributed by atoms with van der Waals surface area (Å²) in [7, 11) is 7.05. The van der Waals surface area contributed by atoms with Crippen LogP contribution in [0.2, 0.25) is 0 Å². The SMILES string of the molecule is [B]c1ccc(OCOC)cc1. The monoisotopic (exact) mass is 148 g/mol. The Morgan fingerprint density at radius 3 is 2.45 bits per heavy atom. The lowest BCUT2D eigenvalue weighted by Gasteiger charge is -2.03. The fraction of sp³-hybridized carbons (Fsp3) is 0.250. The van der Waals surface area contributed by atoms with Crippen LogP contribution in [-0.4, -0.2) is 21.7 Å². The molecule has 1 aromatic carbocycles. The van der Waals surface area contributed by atoms with Gasteiger partial charge >= 0.3 is 0 Å². The molecule has 0 aliphatic heterocycles. The lowest BCUT2D eigenvalue weighted by molar-refractivity contribution is 0.0511. The number of hydrogen-bond donors (Lipinski definition) is 0. The molecular formula is C8H9BO2. The van der Waals surface area contributed by atoms with Crippen LogP contribution in [0.3, 0.4) is 0 Å². The van der Waals surface area contributed by atoms with Crippen molar-refractivity contribution in [3.63, 3.8) is 0 Å². The van der Waals surface area contributed by atoms with E-state index in [1.807, 2.05) is 0 Å². The Morgan fingerprint density at radius 2 is 1.91 bits per heavy atom. The van der Waals surface area contributed by atoms with E-state index in [0.717, 1.165) is 11.2 Å². The van der Waals surface area contributed by atoms with Crippen molar-refractivity contribution in [1.29, 1.82) is 0 Å². The highest BCUT2D eigenvalue weighted by Gasteiger charge is 1.89. The summed E-state index contributed by atoms with van der Waals surface area (Å²) in [4.78, 5) is 0. The molecule has 0 amide bonds. The summed E-state index contributed by atoms with van der Waals surface area (Å²) in [5.74, 6) is 0.765. The van der Waals surface area contributed by atoms with E-state index in [9.17, 15) is 0 Å². The molecule has 3 heteroatoms. The molecule has 0 saturated carbocycles. The number of methoxy groups -OCH3 is 1. The highest BCUT2D eigenvalue weighted by molar-refractivity contribution is 6.32. The Morgan fingerprint density at radius 1 is 1.27 bits per heavy atom. The van der Waals surface area contributed by atoms with Gasteiger partial charge in [0.05, 0.1) is 0 Å². The average molecular weight is 148 g/mol. The summed E-state index contributed by atoms with van der Waals surface area (Å²) in [6, 6.07) is 7.17. The zero-order valence-electron chi connectivity index (χ0n) is 6.41. The molecule has 0 aliphatic carbocycles. The summed E-state index contributed by atoms with van der Waals surface area (Å²) >= 11 is 0. The van der Waals surface area contributed by atoms with Gasteiger partial charge < -0.3 is 9.47 Å². The van der Waals surface area contributed by atoms with E-state index < -0.39 is 0 Å². The minimum absolute atomic E-state index is 0.268. The van der Waals surface area contributed by atoms with Gasteiger partial charge in [0.25, 0.3) is 0 Å². The molecule has 1 rings (SSSR count). The van der Waals surface area contributed by atoms with Crippen molar-refractivity contribution in [2.75, 3.05) is 13.9 Å². The Bertz CT molecular complexity index is 208. The lowest BCUT2D eigenvalue weighted by Crippen LogP contribution is -2.02. The first kappa shape index (κ1) is 8.14. The van der Waals surface area contributed by atoms with E-state index in [1.165, 1.54) is 0 Å². The summed E-state index contributed by atoms with van der Waals surface area (Å²) in [6.07, 6.45) is 0. The standard InChI is InChI=1S/C8H9BO2/c1-10-6-11-8-4-2-7(9)3-5-8/h2-5H,6H2,1H3. The minimum Gasteiger partial charge on any atom is -0.468 e. The normalized spacial score (nSPS) is 9.55. The zero-order chi connectivity index (χ0) is 8.10. The molecule has 0 N–H and O–H groups in total. The molecule has 56 valence electrons. The molecule has 0 aliphatic rings. The summed E-state index contributed by atoms with van der Waals surface area (Å²) < 4.78 is 9.85. The van der Waals surface area contributed by atoms with Gasteiger partial charge in [-0.15, -0.1) is 0 Å². The van der Waals surface area contributed by atoms with Gasteiger partial charge in [0.2, 0.25) is 0 Å². The van der Waals surface area contributed by atoms with Gasteiger partial charge in [0.15, 0.2) is 6.79 Å². The van der Waals surface area contributed by atoms with Crippen molar-refractivity contribution >= 4 is 13.3 Å². The van der Waals surface area contributed by atoms with Gasteiger partial charge in [-0.25, -0.2) is 0 Å². The number of hydrogen-bond acceptors (Lipinski definition) is 2. The van der Waals surface area contributed by atoms with Crippen molar-refractivity contribution in [2.24, 2.45) is 0 Å². The Balaban J connectivity index is 2.52. The summed E-state index contributed by atoms with van der Waals surface area (Å²) in [5, 5.41) is 0. The number of rotatable bonds is 3. The molecule has 11 heavy (non-hydrogen) atoms. The fourth-order valence-electron chi connectivity index (χ4n) is 0.691. The van der Waals surface area contributed by atoms with Gasteiger partial charge in [0.1, 0.15) is 13.6 Å². The van der Waals surface area contributed by atoms with Crippen molar-refractivity contribution < 1.29 is 9.47 Å². The third-order valence-corrected chi connectivity index (χ3v) is 1.22. The summed E-state index contributed by atoms with van der Waals surface area (Å²) in [5.41, 5.74) is 0.731. The first-order chi connectivity index (χ1) is 5.33. The van der Waals surface area contributed by atoms with Gasteiger partial charge in [-0.1, -0.05) is 17.6 Å².